The van der Waals surface area contributed by atoms with Crippen molar-refractivity contribution in [3.05, 3.63) is 0 Å². The fourth-order valence-corrected chi connectivity index (χ4v) is 3.72. The fourth-order valence-electron chi connectivity index (χ4n) is 3.72. The van der Waals surface area contributed by atoms with Crippen LogP contribution in [0.5, 0.6) is 0 Å². The van der Waals surface area contributed by atoms with Crippen LogP contribution in [0, 0.1) is 10.8 Å². The van der Waals surface area contributed by atoms with E-state index >= 15 is 0 Å². The lowest BCUT2D eigenvalue weighted by molar-refractivity contribution is -0.126. The number of likely N-dealkylation sites (tertiary alicyclic amines) is 1. The zero-order valence-electron chi connectivity index (χ0n) is 12.6. The van der Waals surface area contributed by atoms with E-state index in [2.05, 4.69) is 18.7 Å². The minimum absolute atomic E-state index is 0.226. The Labute approximate surface area is 117 Å². The summed E-state index contributed by atoms with van der Waals surface area (Å²) in [6.07, 6.45) is 8.35. The van der Waals surface area contributed by atoms with Crippen LogP contribution >= 0.6 is 0 Å². The van der Waals surface area contributed by atoms with E-state index in [1.165, 1.54) is 25.7 Å². The topological polar surface area (TPSA) is 29.5 Å². The Bertz CT molecular complexity index is 283. The van der Waals surface area contributed by atoms with E-state index in [1.807, 2.05) is 0 Å². The molecular formula is C16H29NO2. The van der Waals surface area contributed by atoms with Gasteiger partial charge < -0.3 is 14.4 Å². The van der Waals surface area contributed by atoms with Gasteiger partial charge in [0.25, 0.3) is 0 Å². The maximum atomic E-state index is 11.5. The van der Waals surface area contributed by atoms with Crippen LogP contribution in [0.1, 0.15) is 52.4 Å². The second-order valence-corrected chi connectivity index (χ2v) is 6.62. The van der Waals surface area contributed by atoms with Crippen molar-refractivity contribution in [1.29, 1.82) is 0 Å². The van der Waals surface area contributed by atoms with Gasteiger partial charge >= 0.3 is 0 Å². The van der Waals surface area contributed by atoms with Crippen LogP contribution in [0.2, 0.25) is 0 Å². The van der Waals surface area contributed by atoms with Crippen LogP contribution in [0.3, 0.4) is 0 Å². The minimum atomic E-state index is -0.226. The van der Waals surface area contributed by atoms with Gasteiger partial charge in [0.2, 0.25) is 0 Å². The number of piperidine rings is 1. The van der Waals surface area contributed by atoms with E-state index in [1.54, 1.807) is 0 Å². The third-order valence-corrected chi connectivity index (χ3v) is 5.56. The van der Waals surface area contributed by atoms with Crippen molar-refractivity contribution in [3.63, 3.8) is 0 Å². The van der Waals surface area contributed by atoms with Crippen LogP contribution in [-0.2, 0) is 9.53 Å². The minimum Gasteiger partial charge on any atom is -0.380 e. The SMILES string of the molecule is CCC1(CC)CCN(CC2(C=O)CCCOC2)CC1. The normalized spacial score (nSPS) is 32.1. The first-order valence-electron chi connectivity index (χ1n) is 7.94. The number of hydrogen-bond donors (Lipinski definition) is 0. The molecule has 2 rings (SSSR count). The lowest BCUT2D eigenvalue weighted by Crippen LogP contribution is -2.48. The summed E-state index contributed by atoms with van der Waals surface area (Å²) in [7, 11) is 0. The molecule has 2 aliphatic rings. The zero-order valence-corrected chi connectivity index (χ0v) is 12.6. The Kier molecular flexibility index (Phi) is 5.02. The highest BCUT2D eigenvalue weighted by Gasteiger charge is 2.37. The molecule has 2 heterocycles. The highest BCUT2D eigenvalue weighted by Crippen LogP contribution is 2.39. The number of ether oxygens (including phenoxy) is 1. The largest absolute Gasteiger partial charge is 0.380 e. The zero-order chi connectivity index (χ0) is 13.8. The van der Waals surface area contributed by atoms with Gasteiger partial charge in [0.05, 0.1) is 12.0 Å². The molecule has 0 bridgehead atoms. The molecule has 2 aliphatic heterocycles. The van der Waals surface area contributed by atoms with Crippen LogP contribution in [0.15, 0.2) is 0 Å². The van der Waals surface area contributed by atoms with Crippen LogP contribution < -0.4 is 0 Å². The number of aldehydes is 1. The number of hydrogen-bond acceptors (Lipinski definition) is 3. The Morgan fingerprint density at radius 3 is 2.32 bits per heavy atom. The molecule has 0 saturated carbocycles. The van der Waals surface area contributed by atoms with E-state index in [0.29, 0.717) is 12.0 Å². The highest BCUT2D eigenvalue weighted by atomic mass is 16.5. The summed E-state index contributed by atoms with van der Waals surface area (Å²) in [6.45, 7) is 9.29. The maximum Gasteiger partial charge on any atom is 0.129 e. The quantitative estimate of drug-likeness (QED) is 0.717. The van der Waals surface area contributed by atoms with Gasteiger partial charge in [-0.2, -0.15) is 0 Å². The molecule has 0 amide bonds. The monoisotopic (exact) mass is 267 g/mol. The Balaban J connectivity index is 1.89. The van der Waals surface area contributed by atoms with E-state index < -0.39 is 0 Å². The Hall–Kier alpha value is -0.410. The first kappa shape index (κ1) is 15.0. The van der Waals surface area contributed by atoms with E-state index in [-0.39, 0.29) is 5.41 Å². The molecule has 3 heteroatoms. The first-order chi connectivity index (χ1) is 9.17. The number of rotatable bonds is 5. The fraction of sp³-hybridized carbons (Fsp3) is 0.938. The Morgan fingerprint density at radius 2 is 1.84 bits per heavy atom. The van der Waals surface area contributed by atoms with Crippen molar-refractivity contribution in [2.45, 2.75) is 52.4 Å². The summed E-state index contributed by atoms with van der Waals surface area (Å²) >= 11 is 0. The van der Waals surface area contributed by atoms with Crippen LogP contribution in [0.25, 0.3) is 0 Å². The second-order valence-electron chi connectivity index (χ2n) is 6.62. The van der Waals surface area contributed by atoms with Crippen molar-refractivity contribution < 1.29 is 9.53 Å². The molecule has 0 aromatic carbocycles. The summed E-state index contributed by atoms with van der Waals surface area (Å²) < 4.78 is 5.54. The van der Waals surface area contributed by atoms with Gasteiger partial charge in [0, 0.05) is 13.2 Å². The summed E-state index contributed by atoms with van der Waals surface area (Å²) in [5.41, 5.74) is 0.338. The standard InChI is InChI=1S/C16H29NO2/c1-3-15(4-2)7-9-17(10-8-15)12-16(13-18)6-5-11-19-14-16/h13H,3-12,14H2,1-2H3. The predicted octanol–water partition coefficient (Wildman–Crippen LogP) is 2.88. The first-order valence-corrected chi connectivity index (χ1v) is 7.94. The van der Waals surface area contributed by atoms with Crippen molar-refractivity contribution >= 4 is 6.29 Å². The van der Waals surface area contributed by atoms with Crippen LogP contribution in [0.4, 0.5) is 0 Å². The molecule has 0 aliphatic carbocycles. The molecule has 2 saturated heterocycles. The van der Waals surface area contributed by atoms with Gasteiger partial charge in [-0.3, -0.25) is 0 Å². The van der Waals surface area contributed by atoms with Crippen molar-refractivity contribution in [2.24, 2.45) is 10.8 Å². The molecule has 0 radical (unpaired) electrons. The van der Waals surface area contributed by atoms with Gasteiger partial charge in [-0.05, 0) is 44.2 Å². The molecular weight excluding hydrogens is 238 g/mol. The van der Waals surface area contributed by atoms with Gasteiger partial charge in [-0.1, -0.05) is 26.7 Å². The van der Waals surface area contributed by atoms with E-state index in [9.17, 15) is 4.79 Å². The van der Waals surface area contributed by atoms with Gasteiger partial charge in [-0.15, -0.1) is 0 Å². The van der Waals surface area contributed by atoms with Crippen molar-refractivity contribution in [3.8, 4) is 0 Å². The molecule has 19 heavy (non-hydrogen) atoms. The molecule has 1 atom stereocenters. The molecule has 2 fully saturated rings. The predicted molar refractivity (Wildman–Crippen MR) is 77.2 cm³/mol. The average molecular weight is 267 g/mol. The Morgan fingerprint density at radius 1 is 1.16 bits per heavy atom. The highest BCUT2D eigenvalue weighted by molar-refractivity contribution is 5.60. The number of carbonyl (C=O) groups excluding carboxylic acids is 1. The maximum absolute atomic E-state index is 11.5. The average Bonchev–Trinajstić information content (AvgIpc) is 2.49. The lowest BCUT2D eigenvalue weighted by atomic mass is 9.73. The van der Waals surface area contributed by atoms with Crippen molar-refractivity contribution in [1.82, 2.24) is 4.90 Å². The van der Waals surface area contributed by atoms with E-state index in [4.69, 9.17) is 4.74 Å². The van der Waals surface area contributed by atoms with Gasteiger partial charge in [0.1, 0.15) is 6.29 Å². The van der Waals surface area contributed by atoms with Gasteiger partial charge in [0.15, 0.2) is 0 Å². The third-order valence-electron chi connectivity index (χ3n) is 5.56. The number of nitrogens with zero attached hydrogens (tertiary/aromatic N) is 1. The summed E-state index contributed by atoms with van der Waals surface area (Å²) in [6, 6.07) is 0. The van der Waals surface area contributed by atoms with Gasteiger partial charge in [-0.25, -0.2) is 0 Å². The number of carbonyl (C=O) groups is 1. The smallest absolute Gasteiger partial charge is 0.129 e. The molecule has 0 spiro atoms. The van der Waals surface area contributed by atoms with Crippen molar-refractivity contribution in [2.75, 3.05) is 32.8 Å². The summed E-state index contributed by atoms with van der Waals surface area (Å²) in [4.78, 5) is 14.0. The second kappa shape index (κ2) is 6.36. The van der Waals surface area contributed by atoms with Crippen LogP contribution in [-0.4, -0.2) is 44.0 Å². The summed E-state index contributed by atoms with van der Waals surface area (Å²) in [5, 5.41) is 0. The molecule has 0 N–H and O–H groups in total. The lowest BCUT2D eigenvalue weighted by Gasteiger charge is -2.44. The molecule has 3 nitrogen and oxygen atoms in total. The third kappa shape index (κ3) is 3.38. The molecule has 0 aromatic heterocycles. The molecule has 0 aromatic rings. The van der Waals surface area contributed by atoms with E-state index in [0.717, 1.165) is 45.4 Å². The summed E-state index contributed by atoms with van der Waals surface area (Å²) in [5.74, 6) is 0. The molecule has 110 valence electrons. The molecule has 1 unspecified atom stereocenters.